The zero-order valence-corrected chi connectivity index (χ0v) is 23.5. The van der Waals surface area contributed by atoms with E-state index < -0.39 is 0 Å². The molecule has 0 saturated carbocycles. The summed E-state index contributed by atoms with van der Waals surface area (Å²) >= 11 is 0. The van der Waals surface area contributed by atoms with Crippen LogP contribution in [0.5, 0.6) is 0 Å². The van der Waals surface area contributed by atoms with Gasteiger partial charge in [-0.25, -0.2) is 0 Å². The van der Waals surface area contributed by atoms with Gasteiger partial charge in [0.2, 0.25) is 0 Å². The van der Waals surface area contributed by atoms with E-state index in [2.05, 4.69) is 13.8 Å². The van der Waals surface area contributed by atoms with Crippen LogP contribution in [0.15, 0.2) is 45.6 Å². The lowest BCUT2D eigenvalue weighted by Crippen LogP contribution is -2.11. The molecule has 0 aromatic carbocycles. The van der Waals surface area contributed by atoms with Crippen molar-refractivity contribution >= 4 is 5.78 Å². The number of rotatable bonds is 24. The predicted octanol–water partition coefficient (Wildman–Crippen LogP) is 11.2. The molecule has 3 nitrogen and oxygen atoms in total. The molecule has 2 rings (SSSR count). The largest absolute Gasteiger partial charge is 0.469 e. The molecule has 0 amide bonds. The number of carbonyl (C=O) groups excluding carboxylic acids is 1. The normalized spacial score (nSPS) is 13.2. The topological polar surface area (TPSA) is 43.4 Å². The van der Waals surface area contributed by atoms with Gasteiger partial charge >= 0.3 is 0 Å². The molecule has 2 heterocycles. The van der Waals surface area contributed by atoms with Crippen LogP contribution in [-0.4, -0.2) is 5.78 Å². The number of hydrogen-bond acceptors (Lipinski definition) is 3. The minimum atomic E-state index is 0.202. The summed E-state index contributed by atoms with van der Waals surface area (Å²) in [6, 6.07) is 8.00. The van der Waals surface area contributed by atoms with Gasteiger partial charge in [-0.1, -0.05) is 117 Å². The lowest BCUT2D eigenvalue weighted by atomic mass is 9.87. The minimum absolute atomic E-state index is 0.202. The van der Waals surface area contributed by atoms with Gasteiger partial charge in [0, 0.05) is 24.7 Å². The third-order valence-electron chi connectivity index (χ3n) is 7.65. The molecule has 0 aliphatic carbocycles. The van der Waals surface area contributed by atoms with Crippen molar-refractivity contribution in [2.24, 2.45) is 0 Å². The van der Waals surface area contributed by atoms with E-state index in [0.717, 1.165) is 24.4 Å². The summed E-state index contributed by atoms with van der Waals surface area (Å²) < 4.78 is 11.5. The number of Topliss-reactive ketones (excluding diaryl/α,β-unsaturated/α-hetero) is 1. The fraction of sp³-hybridized carbons (Fsp3) is 0.727. The van der Waals surface area contributed by atoms with Crippen molar-refractivity contribution in [3.63, 3.8) is 0 Å². The van der Waals surface area contributed by atoms with Crippen molar-refractivity contribution in [1.82, 2.24) is 0 Å². The van der Waals surface area contributed by atoms with Gasteiger partial charge in [0.25, 0.3) is 0 Å². The Hall–Kier alpha value is -1.77. The Morgan fingerprint density at radius 3 is 1.28 bits per heavy atom. The van der Waals surface area contributed by atoms with Crippen molar-refractivity contribution in [3.05, 3.63) is 48.3 Å². The molecule has 2 aromatic heterocycles. The highest BCUT2D eigenvalue weighted by Crippen LogP contribution is 2.32. The van der Waals surface area contributed by atoms with Crippen LogP contribution in [0.25, 0.3) is 0 Å². The molecule has 2 aromatic rings. The molecule has 36 heavy (non-hydrogen) atoms. The third kappa shape index (κ3) is 13.5. The molecule has 204 valence electrons. The van der Waals surface area contributed by atoms with Gasteiger partial charge in [-0.3, -0.25) is 4.79 Å². The van der Waals surface area contributed by atoms with Crippen molar-refractivity contribution in [1.29, 1.82) is 0 Å². The summed E-state index contributed by atoms with van der Waals surface area (Å²) in [5.74, 6) is 2.70. The van der Waals surface area contributed by atoms with E-state index in [1.807, 2.05) is 24.3 Å². The Bertz CT molecular complexity index is 669. The molecule has 0 radical (unpaired) electrons. The van der Waals surface area contributed by atoms with Crippen molar-refractivity contribution in [2.45, 2.75) is 154 Å². The van der Waals surface area contributed by atoms with Crippen molar-refractivity contribution < 1.29 is 13.6 Å². The van der Waals surface area contributed by atoms with E-state index in [0.29, 0.717) is 18.6 Å². The highest BCUT2D eigenvalue weighted by Gasteiger charge is 2.23. The van der Waals surface area contributed by atoms with Gasteiger partial charge in [0.1, 0.15) is 17.3 Å². The van der Waals surface area contributed by atoms with Crippen LogP contribution in [0.1, 0.15) is 166 Å². The van der Waals surface area contributed by atoms with Crippen LogP contribution < -0.4 is 0 Å². The summed E-state index contributed by atoms with van der Waals surface area (Å²) in [6.07, 6.45) is 27.7. The van der Waals surface area contributed by atoms with Crippen LogP contribution in [0.4, 0.5) is 0 Å². The molecule has 0 bridgehead atoms. The first-order valence-electron chi connectivity index (χ1n) is 15.3. The Morgan fingerprint density at radius 1 is 0.583 bits per heavy atom. The predicted molar refractivity (Wildman–Crippen MR) is 152 cm³/mol. The van der Waals surface area contributed by atoms with E-state index in [9.17, 15) is 4.79 Å². The minimum Gasteiger partial charge on any atom is -0.469 e. The first-order chi connectivity index (χ1) is 17.7. The van der Waals surface area contributed by atoms with Crippen LogP contribution >= 0.6 is 0 Å². The molecule has 0 aliphatic rings. The van der Waals surface area contributed by atoms with E-state index >= 15 is 0 Å². The maximum absolute atomic E-state index is 13.2. The van der Waals surface area contributed by atoms with E-state index in [1.165, 1.54) is 103 Å². The standard InChI is InChI=1S/C33H54O3/c1-3-5-7-9-11-13-15-17-21-29(32-23-19-25-35-32)27-31(34)28-30(33-24-20-26-36-33)22-18-16-14-12-10-8-6-4-2/h19-20,23-26,29-30H,3-18,21-22,27-28H2,1-2H3. The molecule has 3 heteroatoms. The molecule has 0 aliphatic heterocycles. The Labute approximate surface area is 221 Å². The first-order valence-corrected chi connectivity index (χ1v) is 15.3. The first kappa shape index (κ1) is 30.5. The molecule has 0 N–H and O–H groups in total. The van der Waals surface area contributed by atoms with Crippen molar-refractivity contribution in [2.75, 3.05) is 0 Å². The van der Waals surface area contributed by atoms with Gasteiger partial charge in [-0.2, -0.15) is 0 Å². The molecule has 2 atom stereocenters. The van der Waals surface area contributed by atoms with E-state index in [-0.39, 0.29) is 11.8 Å². The van der Waals surface area contributed by atoms with E-state index in [1.54, 1.807) is 12.5 Å². The second-order valence-electron chi connectivity index (χ2n) is 10.9. The summed E-state index contributed by atoms with van der Waals surface area (Å²) in [5.41, 5.74) is 0. The maximum Gasteiger partial charge on any atom is 0.134 e. The lowest BCUT2D eigenvalue weighted by Gasteiger charge is -2.17. The highest BCUT2D eigenvalue weighted by molar-refractivity contribution is 5.80. The van der Waals surface area contributed by atoms with Crippen LogP contribution in [-0.2, 0) is 4.79 Å². The number of carbonyl (C=O) groups is 1. The van der Waals surface area contributed by atoms with Crippen LogP contribution in [0.2, 0.25) is 0 Å². The average molecular weight is 499 g/mol. The summed E-state index contributed by atoms with van der Waals surface area (Å²) in [6.45, 7) is 4.53. The zero-order valence-electron chi connectivity index (χ0n) is 23.5. The number of hydrogen-bond donors (Lipinski definition) is 0. The van der Waals surface area contributed by atoms with Gasteiger partial charge in [-0.15, -0.1) is 0 Å². The van der Waals surface area contributed by atoms with Crippen LogP contribution in [0, 0.1) is 0 Å². The smallest absolute Gasteiger partial charge is 0.134 e. The number of furan rings is 2. The Balaban J connectivity index is 1.76. The monoisotopic (exact) mass is 498 g/mol. The summed E-state index contributed by atoms with van der Waals surface area (Å²) in [4.78, 5) is 13.2. The second-order valence-corrected chi connectivity index (χ2v) is 10.9. The molecule has 0 saturated heterocycles. The molecular formula is C33H54O3. The maximum atomic E-state index is 13.2. The summed E-state index contributed by atoms with van der Waals surface area (Å²) in [5, 5.41) is 0. The van der Waals surface area contributed by atoms with Gasteiger partial charge in [0.05, 0.1) is 12.5 Å². The van der Waals surface area contributed by atoms with Gasteiger partial charge in [0.15, 0.2) is 0 Å². The third-order valence-corrected chi connectivity index (χ3v) is 7.65. The van der Waals surface area contributed by atoms with Gasteiger partial charge < -0.3 is 8.83 Å². The second kappa shape index (κ2) is 20.3. The average Bonchev–Trinajstić information content (AvgIpc) is 3.61. The summed E-state index contributed by atoms with van der Waals surface area (Å²) in [7, 11) is 0. The lowest BCUT2D eigenvalue weighted by molar-refractivity contribution is -0.120. The fourth-order valence-corrected chi connectivity index (χ4v) is 5.42. The fourth-order valence-electron chi connectivity index (χ4n) is 5.42. The quantitative estimate of drug-likeness (QED) is 0.135. The van der Waals surface area contributed by atoms with Crippen molar-refractivity contribution in [3.8, 4) is 0 Å². The SMILES string of the molecule is CCCCCCCCCCC(CC(=O)CC(CCCCCCCCCC)c1ccco1)c1ccco1. The highest BCUT2D eigenvalue weighted by atomic mass is 16.3. The van der Waals surface area contributed by atoms with Gasteiger partial charge in [-0.05, 0) is 37.1 Å². The van der Waals surface area contributed by atoms with E-state index in [4.69, 9.17) is 8.83 Å². The molecular weight excluding hydrogens is 444 g/mol. The number of unbranched alkanes of at least 4 members (excludes halogenated alkanes) is 14. The zero-order chi connectivity index (χ0) is 25.7. The molecule has 0 fully saturated rings. The Kier molecular flexibility index (Phi) is 17.2. The van der Waals surface area contributed by atoms with Crippen LogP contribution in [0.3, 0.4) is 0 Å². The molecule has 2 unspecified atom stereocenters. The molecule has 0 spiro atoms. The number of ketones is 1. The Morgan fingerprint density at radius 2 is 0.944 bits per heavy atom.